The molecule has 3 aliphatic heterocycles. The van der Waals surface area contributed by atoms with Crippen LogP contribution >= 0.6 is 11.3 Å². The Hall–Kier alpha value is -3.43. The van der Waals surface area contributed by atoms with Gasteiger partial charge in [-0.1, -0.05) is 11.3 Å². The van der Waals surface area contributed by atoms with E-state index in [-0.39, 0.29) is 70.8 Å². The zero-order valence-electron chi connectivity index (χ0n) is 22.8. The van der Waals surface area contributed by atoms with Gasteiger partial charge in [0.1, 0.15) is 29.9 Å². The fraction of sp³-hybridized carbons (Fsp3) is 0.464. The maximum atomic E-state index is 16.6. The zero-order valence-corrected chi connectivity index (χ0v) is 23.6. The molecule has 3 N–H and O–H groups in total. The lowest BCUT2D eigenvalue weighted by Gasteiger charge is -2.45. The van der Waals surface area contributed by atoms with Crippen molar-refractivity contribution in [1.82, 2.24) is 19.9 Å². The third-order valence-corrected chi connectivity index (χ3v) is 9.46. The molecule has 15 heteroatoms. The lowest BCUT2D eigenvalue weighted by Crippen LogP contribution is -2.60. The van der Waals surface area contributed by atoms with Crippen LogP contribution in [0.4, 0.5) is 37.3 Å². The van der Waals surface area contributed by atoms with Crippen molar-refractivity contribution in [1.29, 1.82) is 0 Å². The van der Waals surface area contributed by atoms with Crippen molar-refractivity contribution < 1.29 is 36.2 Å². The molecule has 4 aromatic rings. The number of aliphatic hydroxyl groups is 1. The number of benzene rings is 2. The van der Waals surface area contributed by atoms with Gasteiger partial charge < -0.3 is 20.5 Å². The van der Waals surface area contributed by atoms with Gasteiger partial charge in [0, 0.05) is 42.6 Å². The molecule has 0 saturated carbocycles. The Morgan fingerprint density at radius 2 is 1.93 bits per heavy atom. The molecular formula is C28H26F6N6O2S. The molecule has 3 fully saturated rings. The molecule has 7 rings (SSSR count). The van der Waals surface area contributed by atoms with E-state index in [1.807, 2.05) is 4.90 Å². The first-order valence-electron chi connectivity index (χ1n) is 13.7. The summed E-state index contributed by atoms with van der Waals surface area (Å²) in [6, 6.07) is 2.44. The van der Waals surface area contributed by atoms with Crippen molar-refractivity contribution in [2.24, 2.45) is 0 Å². The second kappa shape index (κ2) is 9.53. The molecular weight excluding hydrogens is 598 g/mol. The van der Waals surface area contributed by atoms with Crippen LogP contribution in [0.3, 0.4) is 0 Å². The molecule has 228 valence electrons. The average Bonchev–Trinajstić information content (AvgIpc) is 3.57. The number of alkyl halides is 4. The number of hydrogen-bond acceptors (Lipinski definition) is 9. The molecule has 0 aliphatic carbocycles. The Morgan fingerprint density at radius 3 is 2.65 bits per heavy atom. The fourth-order valence-electron chi connectivity index (χ4n) is 6.75. The van der Waals surface area contributed by atoms with Gasteiger partial charge in [-0.15, -0.1) is 0 Å². The van der Waals surface area contributed by atoms with Crippen LogP contribution in [0.2, 0.25) is 0 Å². The lowest BCUT2D eigenvalue weighted by atomic mass is 9.93. The minimum absolute atomic E-state index is 0.0158. The van der Waals surface area contributed by atoms with Crippen molar-refractivity contribution in [3.63, 3.8) is 0 Å². The number of ether oxygens (including phenoxy) is 1. The fourth-order valence-corrected chi connectivity index (χ4v) is 7.51. The van der Waals surface area contributed by atoms with Crippen LogP contribution in [-0.4, -0.2) is 75.1 Å². The number of aromatic nitrogens is 3. The topological polar surface area (TPSA) is 101 Å². The number of β-amino-alcohol motifs (C(OH)–C–C–N with tert-alkyl or cyclic N) is 1. The van der Waals surface area contributed by atoms with Gasteiger partial charge in [-0.25, -0.2) is 18.2 Å². The number of rotatable bonds is 5. The number of fused-ring (bicyclic) bond motifs is 3. The highest BCUT2D eigenvalue weighted by Gasteiger charge is 2.49. The number of nitrogens with zero attached hydrogens (tertiary/aromatic N) is 5. The van der Waals surface area contributed by atoms with E-state index in [0.29, 0.717) is 13.0 Å². The van der Waals surface area contributed by atoms with Crippen LogP contribution in [0.15, 0.2) is 18.2 Å². The smallest absolute Gasteiger partial charge is 0.417 e. The Balaban J connectivity index is 1.42. The molecule has 0 radical (unpaired) electrons. The summed E-state index contributed by atoms with van der Waals surface area (Å²) in [5.74, 6) is -2.12. The molecule has 2 atom stereocenters. The first-order chi connectivity index (χ1) is 20.2. The van der Waals surface area contributed by atoms with Crippen LogP contribution < -0.4 is 15.4 Å². The van der Waals surface area contributed by atoms with E-state index in [0.717, 1.165) is 36.0 Å². The lowest BCUT2D eigenvalue weighted by molar-refractivity contribution is -0.137. The van der Waals surface area contributed by atoms with Crippen LogP contribution in [-0.2, 0) is 6.18 Å². The van der Waals surface area contributed by atoms with E-state index in [1.54, 1.807) is 6.92 Å². The number of thiazole rings is 1. The molecule has 3 aliphatic rings. The number of nitrogen functional groups attached to an aromatic ring is 1. The van der Waals surface area contributed by atoms with Gasteiger partial charge in [-0.2, -0.15) is 23.1 Å². The van der Waals surface area contributed by atoms with Crippen molar-refractivity contribution >= 4 is 43.4 Å². The van der Waals surface area contributed by atoms with Crippen LogP contribution in [0, 0.1) is 11.6 Å². The third-order valence-electron chi connectivity index (χ3n) is 8.57. The zero-order chi connectivity index (χ0) is 30.5. The van der Waals surface area contributed by atoms with Crippen molar-refractivity contribution in [3.05, 3.63) is 35.4 Å². The van der Waals surface area contributed by atoms with E-state index in [4.69, 9.17) is 10.5 Å². The van der Waals surface area contributed by atoms with E-state index in [9.17, 15) is 27.1 Å². The molecule has 8 nitrogen and oxygen atoms in total. The Bertz CT molecular complexity index is 1770. The van der Waals surface area contributed by atoms with Crippen LogP contribution in [0.25, 0.3) is 32.2 Å². The largest absolute Gasteiger partial charge is 0.461 e. The van der Waals surface area contributed by atoms with E-state index >= 15 is 4.39 Å². The number of anilines is 2. The van der Waals surface area contributed by atoms with Gasteiger partial charge in [0.2, 0.25) is 0 Å². The maximum absolute atomic E-state index is 16.6. The molecule has 2 aromatic heterocycles. The first kappa shape index (κ1) is 28.3. The van der Waals surface area contributed by atoms with Crippen molar-refractivity contribution in [2.75, 3.05) is 43.4 Å². The maximum Gasteiger partial charge on any atom is 0.417 e. The molecule has 0 amide bonds. The SMILES string of the molecule is CC1(O)CN(c2nc(OC[C@@]34CCCN3C[C@H](F)C4)nc3c(F)c(-c4ccc(F)c5sc(N)nc45)c(C(F)(F)F)cc23)C1. The highest BCUT2D eigenvalue weighted by atomic mass is 32.1. The van der Waals surface area contributed by atoms with Crippen LogP contribution in [0.1, 0.15) is 31.7 Å². The second-order valence-electron chi connectivity index (χ2n) is 11.9. The predicted molar refractivity (Wildman–Crippen MR) is 149 cm³/mol. The molecule has 3 saturated heterocycles. The summed E-state index contributed by atoms with van der Waals surface area (Å²) < 4.78 is 95.0. The Labute approximate surface area is 245 Å². The standard InChI is InChI=1S/C28H26F6N6O2S/c1-26(41)10-39(11-26)23-15-7-16(28(32,33)34)18(14-3-4-17(30)22-21(14)36-24(35)43-22)19(31)20(15)37-25(38-23)42-12-27-5-2-6-40(27)9-13(29)8-27/h3-4,7,13,41H,2,5-6,8-12H2,1H3,(H2,35,36)/t13-,27+/m1/s1. The number of hydrogen-bond donors (Lipinski definition) is 2. The predicted octanol–water partition coefficient (Wildman–Crippen LogP) is 5.31. The monoisotopic (exact) mass is 624 g/mol. The van der Waals surface area contributed by atoms with E-state index < -0.39 is 51.8 Å². The molecule has 0 spiro atoms. The average molecular weight is 625 g/mol. The summed E-state index contributed by atoms with van der Waals surface area (Å²) in [6.07, 6.45) is -4.25. The molecule has 43 heavy (non-hydrogen) atoms. The summed E-state index contributed by atoms with van der Waals surface area (Å²) in [4.78, 5) is 16.1. The van der Waals surface area contributed by atoms with Gasteiger partial charge in [0.05, 0.1) is 26.9 Å². The van der Waals surface area contributed by atoms with E-state index in [1.165, 1.54) is 4.90 Å². The number of halogens is 6. The number of nitrogens with two attached hydrogens (primary N) is 1. The second-order valence-corrected chi connectivity index (χ2v) is 12.9. The minimum Gasteiger partial charge on any atom is -0.461 e. The highest BCUT2D eigenvalue weighted by Crippen LogP contribution is 2.47. The molecule has 2 aromatic carbocycles. The normalized spacial score (nSPS) is 23.7. The van der Waals surface area contributed by atoms with Crippen molar-refractivity contribution in [2.45, 2.75) is 49.7 Å². The minimum atomic E-state index is -5.03. The summed E-state index contributed by atoms with van der Waals surface area (Å²) in [6.45, 7) is 2.62. The van der Waals surface area contributed by atoms with Crippen LogP contribution in [0.5, 0.6) is 6.01 Å². The highest BCUT2D eigenvalue weighted by molar-refractivity contribution is 7.22. The first-order valence-corrected chi connectivity index (χ1v) is 14.5. The van der Waals surface area contributed by atoms with Gasteiger partial charge >= 0.3 is 12.2 Å². The Kier molecular flexibility index (Phi) is 6.28. The van der Waals surface area contributed by atoms with Gasteiger partial charge in [0.25, 0.3) is 0 Å². The van der Waals surface area contributed by atoms with Gasteiger partial charge in [0.15, 0.2) is 10.9 Å². The quantitative estimate of drug-likeness (QED) is 0.288. The summed E-state index contributed by atoms with van der Waals surface area (Å²) in [5.41, 5.74) is 0.879. The van der Waals surface area contributed by atoms with Crippen molar-refractivity contribution in [3.8, 4) is 17.1 Å². The van der Waals surface area contributed by atoms with Gasteiger partial charge in [-0.3, -0.25) is 4.90 Å². The summed E-state index contributed by atoms with van der Waals surface area (Å²) in [7, 11) is 0. The van der Waals surface area contributed by atoms with E-state index in [2.05, 4.69) is 15.0 Å². The summed E-state index contributed by atoms with van der Waals surface area (Å²) in [5, 5.41) is 10.0. The third kappa shape index (κ3) is 4.63. The molecule has 5 heterocycles. The summed E-state index contributed by atoms with van der Waals surface area (Å²) >= 11 is 0.737. The molecule has 0 unspecified atom stereocenters. The van der Waals surface area contributed by atoms with Gasteiger partial charge in [-0.05, 0) is 44.5 Å². The Morgan fingerprint density at radius 1 is 1.16 bits per heavy atom. The molecule has 0 bridgehead atoms.